The standard InChI is InChI=1S/C14H22N4O4S/c1-10-5-7-11(8-6-10)23(20,21)18-12(13(19)22-2)4-3-9-17-14(15)16/h5-8,12,18H,3-4,9H2,1-2H3,(H4,15,16,17)/t12-/m1/s1. The molecule has 0 spiro atoms. The van der Waals surface area contributed by atoms with Crippen molar-refractivity contribution in [2.24, 2.45) is 16.5 Å². The van der Waals surface area contributed by atoms with Gasteiger partial charge in [-0.05, 0) is 31.9 Å². The molecule has 1 aromatic carbocycles. The molecule has 1 rings (SSSR count). The lowest BCUT2D eigenvalue weighted by atomic mass is 10.2. The van der Waals surface area contributed by atoms with Crippen LogP contribution < -0.4 is 16.2 Å². The number of nitrogens with zero attached hydrogens (tertiary/aromatic N) is 1. The first-order valence-corrected chi connectivity index (χ1v) is 8.47. The largest absolute Gasteiger partial charge is 0.468 e. The molecule has 9 heteroatoms. The Morgan fingerprint density at radius 3 is 2.43 bits per heavy atom. The summed E-state index contributed by atoms with van der Waals surface area (Å²) in [5, 5.41) is 0. The highest BCUT2D eigenvalue weighted by molar-refractivity contribution is 7.89. The lowest BCUT2D eigenvalue weighted by Crippen LogP contribution is -2.41. The summed E-state index contributed by atoms with van der Waals surface area (Å²) in [7, 11) is -2.62. The Balaban J connectivity index is 2.81. The zero-order valence-corrected chi connectivity index (χ0v) is 14.0. The molecular formula is C14H22N4O4S. The Morgan fingerprint density at radius 2 is 1.91 bits per heavy atom. The number of sulfonamides is 1. The summed E-state index contributed by atoms with van der Waals surface area (Å²) in [6.07, 6.45) is 0.641. The number of aliphatic imine (C=N–C) groups is 1. The van der Waals surface area contributed by atoms with Crippen LogP contribution in [0.3, 0.4) is 0 Å². The molecule has 0 aromatic heterocycles. The van der Waals surface area contributed by atoms with Crippen molar-refractivity contribution in [3.8, 4) is 0 Å². The Bertz CT molecular complexity index is 652. The molecule has 0 bridgehead atoms. The van der Waals surface area contributed by atoms with Gasteiger partial charge in [-0.3, -0.25) is 9.79 Å². The van der Waals surface area contributed by atoms with E-state index in [9.17, 15) is 13.2 Å². The number of methoxy groups -OCH3 is 1. The molecule has 0 saturated heterocycles. The highest BCUT2D eigenvalue weighted by Gasteiger charge is 2.25. The van der Waals surface area contributed by atoms with Crippen LogP contribution in [0.4, 0.5) is 0 Å². The fraction of sp³-hybridized carbons (Fsp3) is 0.429. The molecule has 1 aromatic rings. The van der Waals surface area contributed by atoms with Crippen molar-refractivity contribution < 1.29 is 17.9 Å². The molecule has 0 saturated carbocycles. The zero-order chi connectivity index (χ0) is 17.5. The summed E-state index contributed by atoms with van der Waals surface area (Å²) in [6, 6.07) is 5.32. The quantitative estimate of drug-likeness (QED) is 0.260. The minimum atomic E-state index is -3.82. The third-order valence-corrected chi connectivity index (χ3v) is 4.55. The van der Waals surface area contributed by atoms with Gasteiger partial charge >= 0.3 is 5.97 Å². The topological polar surface area (TPSA) is 137 Å². The minimum absolute atomic E-state index is 0.0557. The van der Waals surface area contributed by atoms with Crippen LogP contribution in [0.5, 0.6) is 0 Å². The first-order valence-electron chi connectivity index (χ1n) is 6.98. The number of carbonyl (C=O) groups excluding carboxylic acids is 1. The van der Waals surface area contributed by atoms with Crippen molar-refractivity contribution in [2.45, 2.75) is 30.7 Å². The van der Waals surface area contributed by atoms with Gasteiger partial charge in [-0.15, -0.1) is 0 Å². The summed E-state index contributed by atoms with van der Waals surface area (Å²) in [4.78, 5) is 15.6. The molecule has 8 nitrogen and oxygen atoms in total. The highest BCUT2D eigenvalue weighted by atomic mass is 32.2. The van der Waals surface area contributed by atoms with Crippen molar-refractivity contribution in [1.82, 2.24) is 4.72 Å². The summed E-state index contributed by atoms with van der Waals surface area (Å²) in [5.41, 5.74) is 11.4. The van der Waals surface area contributed by atoms with Crippen molar-refractivity contribution in [2.75, 3.05) is 13.7 Å². The van der Waals surface area contributed by atoms with Crippen LogP contribution in [0.15, 0.2) is 34.2 Å². The predicted molar refractivity (Wildman–Crippen MR) is 87.2 cm³/mol. The van der Waals surface area contributed by atoms with E-state index in [1.54, 1.807) is 12.1 Å². The average molecular weight is 342 g/mol. The second-order valence-corrected chi connectivity index (χ2v) is 6.67. The Morgan fingerprint density at radius 1 is 1.30 bits per heavy atom. The number of benzene rings is 1. The van der Waals surface area contributed by atoms with Crippen molar-refractivity contribution >= 4 is 22.0 Å². The zero-order valence-electron chi connectivity index (χ0n) is 13.2. The van der Waals surface area contributed by atoms with Crippen LogP contribution >= 0.6 is 0 Å². The van der Waals surface area contributed by atoms with Crippen molar-refractivity contribution in [1.29, 1.82) is 0 Å². The molecule has 0 aliphatic rings. The highest BCUT2D eigenvalue weighted by Crippen LogP contribution is 2.12. The van der Waals surface area contributed by atoms with Gasteiger partial charge in [0, 0.05) is 6.54 Å². The molecule has 5 N–H and O–H groups in total. The van der Waals surface area contributed by atoms with Crippen LogP contribution in [0.1, 0.15) is 18.4 Å². The van der Waals surface area contributed by atoms with Crippen LogP contribution in [0.25, 0.3) is 0 Å². The number of nitrogens with one attached hydrogen (secondary N) is 1. The SMILES string of the molecule is COC(=O)[C@@H](CCCN=C(N)N)NS(=O)(=O)c1ccc(C)cc1. The van der Waals surface area contributed by atoms with Gasteiger partial charge in [-0.2, -0.15) is 4.72 Å². The van der Waals surface area contributed by atoms with E-state index in [-0.39, 0.29) is 17.3 Å². The Labute approximate surface area is 136 Å². The fourth-order valence-corrected chi connectivity index (χ4v) is 3.06. The molecule has 128 valence electrons. The number of hydrogen-bond acceptors (Lipinski definition) is 5. The number of hydrogen-bond donors (Lipinski definition) is 3. The maximum absolute atomic E-state index is 12.3. The fourth-order valence-electron chi connectivity index (χ4n) is 1.84. The number of aryl methyl sites for hydroxylation is 1. The second kappa shape index (κ2) is 8.49. The van der Waals surface area contributed by atoms with Gasteiger partial charge in [0.25, 0.3) is 0 Å². The third kappa shape index (κ3) is 6.25. The number of esters is 1. The predicted octanol–water partition coefficient (Wildman–Crippen LogP) is -0.131. The number of ether oxygens (including phenoxy) is 1. The Hall–Kier alpha value is -2.13. The van der Waals surface area contributed by atoms with Gasteiger partial charge in [0.15, 0.2) is 5.96 Å². The first-order chi connectivity index (χ1) is 10.8. The van der Waals surface area contributed by atoms with E-state index in [1.165, 1.54) is 19.2 Å². The normalized spacial score (nSPS) is 12.4. The molecule has 23 heavy (non-hydrogen) atoms. The molecule has 0 radical (unpaired) electrons. The summed E-state index contributed by atoms with van der Waals surface area (Å²) in [6.45, 7) is 2.15. The number of guanidine groups is 1. The van der Waals surface area contributed by atoms with Gasteiger partial charge < -0.3 is 16.2 Å². The molecule has 0 unspecified atom stereocenters. The summed E-state index contributed by atoms with van der Waals surface area (Å²) >= 11 is 0. The van der Waals surface area contributed by atoms with Gasteiger partial charge in [0.05, 0.1) is 12.0 Å². The maximum atomic E-state index is 12.3. The van der Waals surface area contributed by atoms with Crippen LogP contribution in [-0.2, 0) is 19.6 Å². The summed E-state index contributed by atoms with van der Waals surface area (Å²) in [5.74, 6) is -0.717. The van der Waals surface area contributed by atoms with E-state index < -0.39 is 22.0 Å². The van der Waals surface area contributed by atoms with Crippen molar-refractivity contribution in [3.63, 3.8) is 0 Å². The molecule has 0 fully saturated rings. The number of rotatable bonds is 8. The lowest BCUT2D eigenvalue weighted by molar-refractivity contribution is -0.142. The van der Waals surface area contributed by atoms with E-state index in [1.807, 2.05) is 6.92 Å². The summed E-state index contributed by atoms with van der Waals surface area (Å²) < 4.78 is 31.7. The van der Waals surface area contributed by atoms with Crippen molar-refractivity contribution in [3.05, 3.63) is 29.8 Å². The van der Waals surface area contributed by atoms with E-state index in [0.717, 1.165) is 5.56 Å². The van der Waals surface area contributed by atoms with Crippen LogP contribution in [0.2, 0.25) is 0 Å². The van der Waals surface area contributed by atoms with Crippen LogP contribution in [0, 0.1) is 6.92 Å². The molecule has 0 aliphatic carbocycles. The van der Waals surface area contributed by atoms with Gasteiger partial charge in [-0.25, -0.2) is 8.42 Å². The van der Waals surface area contributed by atoms with Gasteiger partial charge in [-0.1, -0.05) is 17.7 Å². The number of nitrogens with two attached hydrogens (primary N) is 2. The molecule has 1 atom stereocenters. The van der Waals surface area contributed by atoms with Gasteiger partial charge in [0.2, 0.25) is 10.0 Å². The van der Waals surface area contributed by atoms with E-state index >= 15 is 0 Å². The van der Waals surface area contributed by atoms with Crippen LogP contribution in [-0.4, -0.2) is 40.0 Å². The minimum Gasteiger partial charge on any atom is -0.468 e. The molecular weight excluding hydrogens is 320 g/mol. The van der Waals surface area contributed by atoms with Gasteiger partial charge in [0.1, 0.15) is 6.04 Å². The Kier molecular flexibility index (Phi) is 6.98. The molecule has 0 aliphatic heterocycles. The lowest BCUT2D eigenvalue weighted by Gasteiger charge is -2.16. The number of carbonyl (C=O) groups is 1. The second-order valence-electron chi connectivity index (χ2n) is 4.96. The molecule has 0 heterocycles. The maximum Gasteiger partial charge on any atom is 0.323 e. The average Bonchev–Trinajstić information content (AvgIpc) is 2.49. The van der Waals surface area contributed by atoms with E-state index in [4.69, 9.17) is 11.5 Å². The van der Waals surface area contributed by atoms with E-state index in [2.05, 4.69) is 14.5 Å². The molecule has 0 amide bonds. The first kappa shape index (κ1) is 18.9. The third-order valence-electron chi connectivity index (χ3n) is 3.06. The smallest absolute Gasteiger partial charge is 0.323 e. The monoisotopic (exact) mass is 342 g/mol. The van der Waals surface area contributed by atoms with E-state index in [0.29, 0.717) is 13.0 Å².